The standard InChI is InChI=1S/C19H30N2O6S3/c1-9(22)13(17-15(24)14(23)16(25)19(27-17)28-2)21-18(26)12-6-11(7-20-12)30-8-10-4-3-5-29-10/h3-5,9,11-17,19-20,22-25H,6-8H2,1-2H3,(H,21,26). The van der Waals surface area contributed by atoms with E-state index in [1.165, 1.54) is 23.6 Å². The Hall–Kier alpha value is -0.370. The summed E-state index contributed by atoms with van der Waals surface area (Å²) in [6.45, 7) is 2.21. The van der Waals surface area contributed by atoms with Crippen molar-refractivity contribution in [2.24, 2.45) is 0 Å². The molecule has 0 saturated carbocycles. The predicted octanol–water partition coefficient (Wildman–Crippen LogP) is -0.252. The number of hydrogen-bond acceptors (Lipinski definition) is 10. The van der Waals surface area contributed by atoms with Crippen LogP contribution in [-0.4, -0.2) is 92.4 Å². The smallest absolute Gasteiger partial charge is 0.237 e. The van der Waals surface area contributed by atoms with Crippen LogP contribution in [0.5, 0.6) is 0 Å². The molecule has 2 aliphatic rings. The summed E-state index contributed by atoms with van der Waals surface area (Å²) in [5.74, 6) is 0.629. The van der Waals surface area contributed by atoms with E-state index in [4.69, 9.17) is 4.74 Å². The highest BCUT2D eigenvalue weighted by molar-refractivity contribution is 7.99. The second kappa shape index (κ2) is 11.0. The monoisotopic (exact) mass is 478 g/mol. The van der Waals surface area contributed by atoms with Crippen LogP contribution in [0, 0.1) is 0 Å². The molecule has 2 aliphatic heterocycles. The molecule has 0 spiro atoms. The molecule has 1 aromatic rings. The third-order valence-corrected chi connectivity index (χ3v) is 8.69. The number of carbonyl (C=O) groups is 1. The molecule has 11 heteroatoms. The maximum Gasteiger partial charge on any atom is 0.237 e. The first-order valence-electron chi connectivity index (χ1n) is 9.90. The van der Waals surface area contributed by atoms with Gasteiger partial charge in [0.2, 0.25) is 5.91 Å². The Balaban J connectivity index is 1.57. The average Bonchev–Trinajstić information content (AvgIpc) is 3.41. The van der Waals surface area contributed by atoms with Gasteiger partial charge in [0.15, 0.2) is 0 Å². The molecule has 2 fully saturated rings. The molecule has 2 saturated heterocycles. The van der Waals surface area contributed by atoms with Crippen LogP contribution >= 0.6 is 34.9 Å². The Bertz CT molecular complexity index is 677. The minimum atomic E-state index is -1.44. The normalized spacial score (nSPS) is 36.4. The van der Waals surface area contributed by atoms with Gasteiger partial charge in [-0.3, -0.25) is 4.79 Å². The largest absolute Gasteiger partial charge is 0.391 e. The summed E-state index contributed by atoms with van der Waals surface area (Å²) in [7, 11) is 0. The molecule has 170 valence electrons. The van der Waals surface area contributed by atoms with Crippen molar-refractivity contribution in [3.63, 3.8) is 0 Å². The van der Waals surface area contributed by atoms with Crippen LogP contribution in [0.15, 0.2) is 17.5 Å². The number of hydrogen-bond donors (Lipinski definition) is 6. The molecule has 0 radical (unpaired) electrons. The Morgan fingerprint density at radius 2 is 2.13 bits per heavy atom. The van der Waals surface area contributed by atoms with Crippen LogP contribution in [0.2, 0.25) is 0 Å². The van der Waals surface area contributed by atoms with Crippen molar-refractivity contribution in [1.82, 2.24) is 10.6 Å². The molecule has 3 heterocycles. The van der Waals surface area contributed by atoms with Crippen LogP contribution in [0.3, 0.4) is 0 Å². The first kappa shape index (κ1) is 24.3. The van der Waals surface area contributed by atoms with Gasteiger partial charge in [-0.1, -0.05) is 6.07 Å². The Morgan fingerprint density at radius 1 is 1.37 bits per heavy atom. The van der Waals surface area contributed by atoms with Crippen molar-refractivity contribution in [1.29, 1.82) is 0 Å². The lowest BCUT2D eigenvalue weighted by atomic mass is 9.92. The molecule has 9 unspecified atom stereocenters. The zero-order valence-corrected chi connectivity index (χ0v) is 19.3. The van der Waals surface area contributed by atoms with Gasteiger partial charge >= 0.3 is 0 Å². The van der Waals surface area contributed by atoms with Gasteiger partial charge in [-0.15, -0.1) is 23.1 Å². The number of aliphatic hydroxyl groups is 4. The minimum Gasteiger partial charge on any atom is -0.391 e. The van der Waals surface area contributed by atoms with Gasteiger partial charge in [0.05, 0.1) is 18.2 Å². The van der Waals surface area contributed by atoms with Crippen LogP contribution in [-0.2, 0) is 15.3 Å². The van der Waals surface area contributed by atoms with Gasteiger partial charge in [-0.05, 0) is 31.0 Å². The molecule has 3 rings (SSSR count). The lowest BCUT2D eigenvalue weighted by molar-refractivity contribution is -0.211. The van der Waals surface area contributed by atoms with Gasteiger partial charge < -0.3 is 35.8 Å². The Labute approximate surface area is 188 Å². The molecule has 0 aliphatic carbocycles. The second-order valence-corrected chi connectivity index (χ2v) is 10.9. The van der Waals surface area contributed by atoms with Crippen molar-refractivity contribution in [3.8, 4) is 0 Å². The number of carbonyl (C=O) groups excluding carboxylic acids is 1. The summed E-state index contributed by atoms with van der Waals surface area (Å²) in [6, 6.07) is 2.79. The van der Waals surface area contributed by atoms with E-state index >= 15 is 0 Å². The molecular formula is C19H30N2O6S3. The molecule has 1 aromatic heterocycles. The van der Waals surface area contributed by atoms with Crippen LogP contribution in [0.1, 0.15) is 18.2 Å². The van der Waals surface area contributed by atoms with Crippen molar-refractivity contribution in [2.75, 3.05) is 12.8 Å². The quantitative estimate of drug-likeness (QED) is 0.299. The number of aliphatic hydroxyl groups excluding tert-OH is 4. The van der Waals surface area contributed by atoms with Gasteiger partial charge in [-0.2, -0.15) is 11.8 Å². The number of ether oxygens (including phenoxy) is 1. The van der Waals surface area contributed by atoms with Gasteiger partial charge in [0.25, 0.3) is 0 Å². The van der Waals surface area contributed by atoms with E-state index in [0.717, 1.165) is 12.3 Å². The Kier molecular flexibility index (Phi) is 8.88. The summed E-state index contributed by atoms with van der Waals surface area (Å²) in [5, 5.41) is 49.2. The van der Waals surface area contributed by atoms with Gasteiger partial charge in [0, 0.05) is 22.4 Å². The number of thioether (sulfide) groups is 2. The van der Waals surface area contributed by atoms with E-state index in [9.17, 15) is 25.2 Å². The van der Waals surface area contributed by atoms with Crippen molar-refractivity contribution < 1.29 is 30.0 Å². The van der Waals surface area contributed by atoms with Gasteiger partial charge in [0.1, 0.15) is 29.9 Å². The summed E-state index contributed by atoms with van der Waals surface area (Å²) >= 11 is 4.72. The van der Waals surface area contributed by atoms with Crippen LogP contribution in [0.4, 0.5) is 0 Å². The number of rotatable bonds is 8. The predicted molar refractivity (Wildman–Crippen MR) is 120 cm³/mol. The van der Waals surface area contributed by atoms with E-state index in [1.54, 1.807) is 17.6 Å². The van der Waals surface area contributed by atoms with Crippen molar-refractivity contribution >= 4 is 40.8 Å². The first-order chi connectivity index (χ1) is 14.3. The lowest BCUT2D eigenvalue weighted by Crippen LogP contribution is -2.65. The minimum absolute atomic E-state index is 0.280. The highest BCUT2D eigenvalue weighted by atomic mass is 32.2. The molecule has 1 amide bonds. The number of nitrogens with one attached hydrogen (secondary N) is 2. The average molecular weight is 479 g/mol. The number of thiophene rings is 1. The SMILES string of the molecule is CSC1OC(C(NC(=O)C2CC(SCc3cccs3)CN2)C(C)O)C(O)C(O)C1O. The zero-order chi connectivity index (χ0) is 21.8. The topological polar surface area (TPSA) is 131 Å². The molecule has 8 nitrogen and oxygen atoms in total. The van der Waals surface area contributed by atoms with Crippen LogP contribution < -0.4 is 10.6 Å². The molecule has 9 atom stereocenters. The zero-order valence-electron chi connectivity index (χ0n) is 16.9. The third kappa shape index (κ3) is 5.70. The van der Waals surface area contributed by atoms with E-state index < -0.39 is 48.0 Å². The summed E-state index contributed by atoms with van der Waals surface area (Å²) < 4.78 is 5.72. The van der Waals surface area contributed by atoms with E-state index in [-0.39, 0.29) is 5.91 Å². The fraction of sp³-hybridized carbons (Fsp3) is 0.737. The van der Waals surface area contributed by atoms with E-state index in [0.29, 0.717) is 11.7 Å². The van der Waals surface area contributed by atoms with E-state index in [2.05, 4.69) is 22.1 Å². The fourth-order valence-electron chi connectivity index (χ4n) is 3.73. The maximum absolute atomic E-state index is 12.8. The maximum atomic E-state index is 12.8. The summed E-state index contributed by atoms with van der Waals surface area (Å²) in [4.78, 5) is 14.1. The van der Waals surface area contributed by atoms with Crippen LogP contribution in [0.25, 0.3) is 0 Å². The third-order valence-electron chi connectivity index (χ3n) is 5.47. The fourth-order valence-corrected chi connectivity index (χ4v) is 6.42. The second-order valence-electron chi connectivity index (χ2n) is 7.66. The summed E-state index contributed by atoms with van der Waals surface area (Å²) in [6.07, 6.45) is -3.82. The molecule has 6 N–H and O–H groups in total. The molecule has 30 heavy (non-hydrogen) atoms. The highest BCUT2D eigenvalue weighted by Crippen LogP contribution is 2.30. The number of amides is 1. The van der Waals surface area contributed by atoms with Crippen molar-refractivity contribution in [2.45, 2.75) is 72.4 Å². The lowest BCUT2D eigenvalue weighted by Gasteiger charge is -2.44. The summed E-state index contributed by atoms with van der Waals surface area (Å²) in [5.41, 5.74) is -0.769. The van der Waals surface area contributed by atoms with E-state index in [1.807, 2.05) is 17.8 Å². The van der Waals surface area contributed by atoms with Gasteiger partial charge in [-0.25, -0.2) is 0 Å². The molecular weight excluding hydrogens is 448 g/mol. The highest BCUT2D eigenvalue weighted by Gasteiger charge is 2.48. The Morgan fingerprint density at radius 3 is 2.77 bits per heavy atom. The molecule has 0 bridgehead atoms. The van der Waals surface area contributed by atoms with Crippen molar-refractivity contribution in [3.05, 3.63) is 22.4 Å². The molecule has 0 aromatic carbocycles. The first-order valence-corrected chi connectivity index (χ1v) is 13.1.